The van der Waals surface area contributed by atoms with Gasteiger partial charge in [0.2, 0.25) is 0 Å². The third kappa shape index (κ3) is 6.38. The fraction of sp³-hybridized carbons (Fsp3) is 0.375. The highest BCUT2D eigenvalue weighted by atomic mass is 16.5. The zero-order valence-electron chi connectivity index (χ0n) is 10.8. The Morgan fingerprint density at radius 1 is 1.22 bits per heavy atom. The molecule has 1 aromatic rings. The van der Waals surface area contributed by atoms with E-state index in [1.165, 1.54) is 5.56 Å². The van der Waals surface area contributed by atoms with Gasteiger partial charge in [0, 0.05) is 0 Å². The van der Waals surface area contributed by atoms with Crippen LogP contribution in [0.5, 0.6) is 0 Å². The Balaban J connectivity index is 2.33. The van der Waals surface area contributed by atoms with Crippen molar-refractivity contribution in [2.24, 2.45) is 0 Å². The van der Waals surface area contributed by atoms with Gasteiger partial charge in [-0.25, -0.2) is 0 Å². The van der Waals surface area contributed by atoms with E-state index in [-0.39, 0.29) is 12.7 Å². The maximum absolute atomic E-state index is 8.65. The SMILES string of the molecule is C=CC[C@@H](CC/C=C\CO)OCc1ccccc1. The van der Waals surface area contributed by atoms with E-state index in [0.29, 0.717) is 6.61 Å². The summed E-state index contributed by atoms with van der Waals surface area (Å²) >= 11 is 0. The Bertz CT molecular complexity index is 343. The van der Waals surface area contributed by atoms with Gasteiger partial charge >= 0.3 is 0 Å². The number of hydrogen-bond donors (Lipinski definition) is 1. The normalized spacial score (nSPS) is 12.7. The number of benzene rings is 1. The molecule has 0 aromatic heterocycles. The third-order valence-corrected chi connectivity index (χ3v) is 2.69. The van der Waals surface area contributed by atoms with Crippen LogP contribution in [-0.2, 0) is 11.3 Å². The van der Waals surface area contributed by atoms with Crippen LogP contribution < -0.4 is 0 Å². The second-order valence-corrected chi connectivity index (χ2v) is 4.17. The van der Waals surface area contributed by atoms with Crippen LogP contribution in [0.3, 0.4) is 0 Å². The molecule has 0 radical (unpaired) electrons. The summed E-state index contributed by atoms with van der Waals surface area (Å²) in [6, 6.07) is 10.2. The van der Waals surface area contributed by atoms with Gasteiger partial charge in [-0.1, -0.05) is 48.6 Å². The van der Waals surface area contributed by atoms with Crippen molar-refractivity contribution in [3.05, 3.63) is 60.7 Å². The zero-order chi connectivity index (χ0) is 13.1. The molecule has 0 amide bonds. The molecule has 0 bridgehead atoms. The number of hydrogen-bond acceptors (Lipinski definition) is 2. The molecular formula is C16H22O2. The summed E-state index contributed by atoms with van der Waals surface area (Å²) in [7, 11) is 0. The van der Waals surface area contributed by atoms with Gasteiger partial charge in [0.1, 0.15) is 0 Å². The van der Waals surface area contributed by atoms with Gasteiger partial charge in [0.15, 0.2) is 0 Å². The van der Waals surface area contributed by atoms with Crippen LogP contribution in [-0.4, -0.2) is 17.8 Å². The highest BCUT2D eigenvalue weighted by Gasteiger charge is 2.06. The molecule has 1 N–H and O–H groups in total. The summed E-state index contributed by atoms with van der Waals surface area (Å²) in [5, 5.41) is 8.65. The average molecular weight is 246 g/mol. The first-order valence-corrected chi connectivity index (χ1v) is 6.39. The van der Waals surface area contributed by atoms with Crippen molar-refractivity contribution in [2.75, 3.05) is 6.61 Å². The van der Waals surface area contributed by atoms with Crippen molar-refractivity contribution in [2.45, 2.75) is 32.0 Å². The number of allylic oxidation sites excluding steroid dienone is 1. The van der Waals surface area contributed by atoms with Gasteiger partial charge in [0.05, 0.1) is 19.3 Å². The van der Waals surface area contributed by atoms with E-state index in [4.69, 9.17) is 9.84 Å². The van der Waals surface area contributed by atoms with E-state index in [9.17, 15) is 0 Å². The number of rotatable bonds is 9. The van der Waals surface area contributed by atoms with Gasteiger partial charge in [-0.05, 0) is 24.8 Å². The lowest BCUT2D eigenvalue weighted by atomic mass is 10.1. The molecule has 0 saturated heterocycles. The van der Waals surface area contributed by atoms with Gasteiger partial charge in [-0.2, -0.15) is 0 Å². The van der Waals surface area contributed by atoms with Crippen LogP contribution in [0.1, 0.15) is 24.8 Å². The minimum atomic E-state index is 0.108. The first kappa shape index (κ1) is 14.7. The van der Waals surface area contributed by atoms with Crippen LogP contribution in [0.15, 0.2) is 55.1 Å². The predicted molar refractivity (Wildman–Crippen MR) is 75.3 cm³/mol. The monoisotopic (exact) mass is 246 g/mol. The summed E-state index contributed by atoms with van der Waals surface area (Å²) in [6.45, 7) is 4.51. The highest BCUT2D eigenvalue weighted by molar-refractivity contribution is 5.13. The summed E-state index contributed by atoms with van der Waals surface area (Å²) in [5.74, 6) is 0. The predicted octanol–water partition coefficient (Wildman–Crippen LogP) is 3.48. The molecule has 1 atom stereocenters. The van der Waals surface area contributed by atoms with E-state index >= 15 is 0 Å². The van der Waals surface area contributed by atoms with Crippen molar-refractivity contribution < 1.29 is 9.84 Å². The van der Waals surface area contributed by atoms with Crippen LogP contribution in [0, 0.1) is 0 Å². The van der Waals surface area contributed by atoms with Crippen molar-refractivity contribution in [1.82, 2.24) is 0 Å². The largest absolute Gasteiger partial charge is 0.392 e. The van der Waals surface area contributed by atoms with E-state index in [2.05, 4.69) is 18.7 Å². The van der Waals surface area contributed by atoms with E-state index in [1.807, 2.05) is 30.4 Å². The first-order valence-electron chi connectivity index (χ1n) is 6.39. The maximum atomic E-state index is 8.65. The van der Waals surface area contributed by atoms with Crippen LogP contribution in [0.25, 0.3) is 0 Å². The molecule has 18 heavy (non-hydrogen) atoms. The Kier molecular flexibility index (Phi) is 7.85. The molecule has 0 fully saturated rings. The summed E-state index contributed by atoms with van der Waals surface area (Å²) in [4.78, 5) is 0. The molecule has 1 rings (SSSR count). The molecule has 0 aliphatic rings. The quantitative estimate of drug-likeness (QED) is 0.676. The molecular weight excluding hydrogens is 224 g/mol. The maximum Gasteiger partial charge on any atom is 0.0720 e. The van der Waals surface area contributed by atoms with Crippen LogP contribution >= 0.6 is 0 Å². The van der Waals surface area contributed by atoms with Crippen molar-refractivity contribution in [3.8, 4) is 0 Å². The fourth-order valence-corrected chi connectivity index (χ4v) is 1.72. The van der Waals surface area contributed by atoms with E-state index in [0.717, 1.165) is 19.3 Å². The van der Waals surface area contributed by atoms with Gasteiger partial charge in [-0.15, -0.1) is 6.58 Å². The van der Waals surface area contributed by atoms with Gasteiger partial charge in [0.25, 0.3) is 0 Å². The lowest BCUT2D eigenvalue weighted by Gasteiger charge is -2.15. The highest BCUT2D eigenvalue weighted by Crippen LogP contribution is 2.11. The van der Waals surface area contributed by atoms with Crippen molar-refractivity contribution >= 4 is 0 Å². The zero-order valence-corrected chi connectivity index (χ0v) is 10.8. The minimum absolute atomic E-state index is 0.108. The van der Waals surface area contributed by atoms with Gasteiger partial charge in [-0.3, -0.25) is 0 Å². The number of ether oxygens (including phenoxy) is 1. The standard InChI is InChI=1S/C16H22O2/c1-2-9-16(12-7-4-8-13-17)18-14-15-10-5-3-6-11-15/h2-6,8,10-11,16-17H,1,7,9,12-14H2/b8-4-/t16-/m0/s1. The Morgan fingerprint density at radius 2 is 2.00 bits per heavy atom. The molecule has 2 heteroatoms. The fourth-order valence-electron chi connectivity index (χ4n) is 1.72. The second-order valence-electron chi connectivity index (χ2n) is 4.17. The lowest BCUT2D eigenvalue weighted by molar-refractivity contribution is 0.0377. The topological polar surface area (TPSA) is 29.5 Å². The van der Waals surface area contributed by atoms with E-state index < -0.39 is 0 Å². The summed E-state index contributed by atoms with van der Waals surface area (Å²) in [5.41, 5.74) is 1.19. The smallest absolute Gasteiger partial charge is 0.0720 e. The van der Waals surface area contributed by atoms with Crippen LogP contribution in [0.4, 0.5) is 0 Å². The molecule has 1 aromatic carbocycles. The molecule has 0 aliphatic heterocycles. The summed E-state index contributed by atoms with van der Waals surface area (Å²) in [6.07, 6.45) is 8.59. The Labute approximate surface area is 110 Å². The molecule has 98 valence electrons. The Hall–Kier alpha value is -1.38. The molecule has 0 saturated carbocycles. The van der Waals surface area contributed by atoms with Crippen molar-refractivity contribution in [1.29, 1.82) is 0 Å². The molecule has 0 aliphatic carbocycles. The van der Waals surface area contributed by atoms with E-state index in [1.54, 1.807) is 6.08 Å². The second kappa shape index (κ2) is 9.63. The number of aliphatic hydroxyl groups is 1. The van der Waals surface area contributed by atoms with Gasteiger partial charge < -0.3 is 9.84 Å². The third-order valence-electron chi connectivity index (χ3n) is 2.69. The molecule has 0 heterocycles. The van der Waals surface area contributed by atoms with Crippen LogP contribution in [0.2, 0.25) is 0 Å². The summed E-state index contributed by atoms with van der Waals surface area (Å²) < 4.78 is 5.88. The molecule has 0 spiro atoms. The first-order chi connectivity index (χ1) is 8.86. The van der Waals surface area contributed by atoms with Crippen molar-refractivity contribution in [3.63, 3.8) is 0 Å². The molecule has 2 nitrogen and oxygen atoms in total. The average Bonchev–Trinajstić information content (AvgIpc) is 2.42. The number of aliphatic hydroxyl groups excluding tert-OH is 1. The molecule has 0 unspecified atom stereocenters. The Morgan fingerprint density at radius 3 is 2.67 bits per heavy atom. The lowest BCUT2D eigenvalue weighted by Crippen LogP contribution is -2.11. The minimum Gasteiger partial charge on any atom is -0.392 e.